The molecule has 1 aromatic rings. The number of rotatable bonds is 5. The molecule has 0 fully saturated rings. The fraction of sp³-hybridized carbons (Fsp3) is 0.455. The minimum Gasteiger partial charge on any atom is -0.366 e. The average Bonchev–Trinajstić information content (AvgIpc) is 2.19. The van der Waals surface area contributed by atoms with Crippen LogP contribution < -0.4 is 5.19 Å². The summed E-state index contributed by atoms with van der Waals surface area (Å²) in [5.74, 6) is 0. The number of hydrogen-bond acceptors (Lipinski definition) is 1. The van der Waals surface area contributed by atoms with Crippen LogP contribution in [0.1, 0.15) is 11.1 Å². The maximum atomic E-state index is 5.43. The highest BCUT2D eigenvalue weighted by atomic mass is 35.5. The highest BCUT2D eigenvalue weighted by molar-refractivity contribution is 6.54. The summed E-state index contributed by atoms with van der Waals surface area (Å²) in [6.07, 6.45) is 0. The third kappa shape index (κ3) is 3.44. The van der Waals surface area contributed by atoms with E-state index in [0.717, 1.165) is 6.61 Å². The Kier molecular flexibility index (Phi) is 5.23. The molecule has 14 heavy (non-hydrogen) atoms. The lowest BCUT2D eigenvalue weighted by Crippen LogP contribution is -2.19. The van der Waals surface area contributed by atoms with Gasteiger partial charge in [-0.25, -0.2) is 0 Å². The molecule has 0 aliphatic rings. The quantitative estimate of drug-likeness (QED) is 0.424. The molecule has 0 aromatic heterocycles. The van der Waals surface area contributed by atoms with Crippen LogP contribution in [0.3, 0.4) is 0 Å². The Balaban J connectivity index is 2.46. The van der Waals surface area contributed by atoms with Gasteiger partial charge in [-0.05, 0) is 31.0 Å². The van der Waals surface area contributed by atoms with Crippen LogP contribution in [0.2, 0.25) is 6.04 Å². The first kappa shape index (κ1) is 11.8. The van der Waals surface area contributed by atoms with Gasteiger partial charge in [0.1, 0.15) is 6.07 Å². The minimum absolute atomic E-state index is 0.166. The Bertz CT molecular complexity index is 289. The molecule has 0 saturated carbocycles. The van der Waals surface area contributed by atoms with Crippen LogP contribution in [-0.4, -0.2) is 22.2 Å². The summed E-state index contributed by atoms with van der Waals surface area (Å²) in [7, 11) is -0.166. The van der Waals surface area contributed by atoms with Gasteiger partial charge in [-0.15, -0.1) is 0 Å². The van der Waals surface area contributed by atoms with E-state index in [-0.39, 0.29) is 9.52 Å². The summed E-state index contributed by atoms with van der Waals surface area (Å²) in [6.45, 7) is 5.19. The Morgan fingerprint density at radius 2 is 2.14 bits per heavy atom. The first-order chi connectivity index (χ1) is 6.75. The molecule has 0 bridgehead atoms. The summed E-state index contributed by atoms with van der Waals surface area (Å²) >= 11 is 5.43. The first-order valence-electron chi connectivity index (χ1n) is 4.94. The van der Waals surface area contributed by atoms with E-state index in [4.69, 9.17) is 16.3 Å². The van der Waals surface area contributed by atoms with Crippen LogP contribution in [0.5, 0.6) is 0 Å². The van der Waals surface area contributed by atoms with Crippen molar-refractivity contribution in [3.8, 4) is 0 Å². The zero-order valence-corrected chi connectivity index (χ0v) is 11.0. The molecule has 1 aromatic carbocycles. The van der Waals surface area contributed by atoms with Gasteiger partial charge in [0.25, 0.3) is 0 Å². The van der Waals surface area contributed by atoms with Gasteiger partial charge in [-0.3, -0.25) is 0 Å². The summed E-state index contributed by atoms with van der Waals surface area (Å²) < 4.78 is 5.13. The van der Waals surface area contributed by atoms with Crippen molar-refractivity contribution in [2.75, 3.05) is 12.7 Å². The number of benzene rings is 1. The number of ether oxygens (including phenoxy) is 1. The maximum Gasteiger partial charge on any atom is 0.120 e. The van der Waals surface area contributed by atoms with Crippen LogP contribution in [-0.2, 0) is 4.74 Å². The van der Waals surface area contributed by atoms with E-state index < -0.39 is 0 Å². The Labute approximate surface area is 93.2 Å². The molecule has 0 aliphatic carbocycles. The molecule has 0 radical (unpaired) electrons. The maximum absolute atomic E-state index is 5.43. The molecule has 0 amide bonds. The minimum atomic E-state index is -0.166. The lowest BCUT2D eigenvalue weighted by molar-refractivity contribution is 0.195. The fourth-order valence-corrected chi connectivity index (χ4v) is 3.30. The largest absolute Gasteiger partial charge is 0.366 e. The summed E-state index contributed by atoms with van der Waals surface area (Å²) in [4.78, 5) is 0. The van der Waals surface area contributed by atoms with Crippen LogP contribution in [0.4, 0.5) is 0 Å². The normalized spacial score (nSPS) is 11.4. The molecule has 0 atom stereocenters. The second-order valence-electron chi connectivity index (χ2n) is 3.48. The number of aryl methyl sites for hydroxylation is 1. The molecule has 0 saturated heterocycles. The zero-order valence-electron chi connectivity index (χ0n) is 8.85. The van der Waals surface area contributed by atoms with Gasteiger partial charge in [0.15, 0.2) is 0 Å². The molecule has 0 unspecified atom stereocenters. The van der Waals surface area contributed by atoms with Crippen molar-refractivity contribution in [3.05, 3.63) is 29.3 Å². The summed E-state index contributed by atoms with van der Waals surface area (Å²) in [6, 6.07) is 8.06. The van der Waals surface area contributed by atoms with Crippen LogP contribution in [0.25, 0.3) is 0 Å². The second-order valence-corrected chi connectivity index (χ2v) is 5.67. The van der Waals surface area contributed by atoms with Crippen molar-refractivity contribution in [2.45, 2.75) is 19.9 Å². The number of hydrogen-bond donors (Lipinski definition) is 0. The molecule has 0 heterocycles. The van der Waals surface area contributed by atoms with Gasteiger partial charge < -0.3 is 4.74 Å². The first-order valence-corrected chi connectivity index (χ1v) is 7.18. The average molecular weight is 229 g/mol. The molecular formula is C11H17ClOSi. The van der Waals surface area contributed by atoms with E-state index in [9.17, 15) is 0 Å². The van der Waals surface area contributed by atoms with Crippen LogP contribution in [0.15, 0.2) is 18.2 Å². The van der Waals surface area contributed by atoms with E-state index in [1.54, 1.807) is 5.19 Å². The highest BCUT2D eigenvalue weighted by Crippen LogP contribution is 2.02. The molecule has 0 N–H and O–H groups in total. The molecule has 0 spiro atoms. The van der Waals surface area contributed by atoms with E-state index in [0.29, 0.717) is 6.07 Å². The SMILES string of the molecule is Cc1cccc([SiH2]CCOCCl)c1C. The van der Waals surface area contributed by atoms with Gasteiger partial charge >= 0.3 is 0 Å². The van der Waals surface area contributed by atoms with Gasteiger partial charge in [0.2, 0.25) is 0 Å². The predicted octanol–water partition coefficient (Wildman–Crippen LogP) is 1.73. The Hall–Kier alpha value is -0.313. The topological polar surface area (TPSA) is 9.23 Å². The van der Waals surface area contributed by atoms with Gasteiger partial charge in [0.05, 0.1) is 9.52 Å². The molecule has 0 aliphatic heterocycles. The van der Waals surface area contributed by atoms with E-state index in [1.165, 1.54) is 17.2 Å². The van der Waals surface area contributed by atoms with Gasteiger partial charge in [0, 0.05) is 6.61 Å². The second kappa shape index (κ2) is 6.22. The third-order valence-electron chi connectivity index (χ3n) is 2.53. The number of alkyl halides is 1. The molecule has 78 valence electrons. The fourth-order valence-electron chi connectivity index (χ4n) is 1.50. The van der Waals surface area contributed by atoms with Crippen molar-refractivity contribution in [2.24, 2.45) is 0 Å². The molecular weight excluding hydrogens is 212 g/mol. The molecule has 1 rings (SSSR count). The Morgan fingerprint density at radius 1 is 1.36 bits per heavy atom. The van der Waals surface area contributed by atoms with Crippen molar-refractivity contribution >= 4 is 26.3 Å². The standard InChI is InChI=1S/C11H17ClOSi/c1-9-4-3-5-11(10(9)2)14-7-6-13-8-12/h3-5H,6-8,14H2,1-2H3. The van der Waals surface area contributed by atoms with E-state index in [1.807, 2.05) is 0 Å². The van der Waals surface area contributed by atoms with Crippen molar-refractivity contribution in [1.29, 1.82) is 0 Å². The van der Waals surface area contributed by atoms with E-state index >= 15 is 0 Å². The van der Waals surface area contributed by atoms with Crippen molar-refractivity contribution < 1.29 is 4.74 Å². The monoisotopic (exact) mass is 228 g/mol. The molecule has 1 nitrogen and oxygen atoms in total. The zero-order chi connectivity index (χ0) is 10.4. The van der Waals surface area contributed by atoms with Crippen LogP contribution >= 0.6 is 11.6 Å². The highest BCUT2D eigenvalue weighted by Gasteiger charge is 2.00. The summed E-state index contributed by atoms with van der Waals surface area (Å²) in [5.41, 5.74) is 2.86. The van der Waals surface area contributed by atoms with Crippen molar-refractivity contribution in [1.82, 2.24) is 0 Å². The van der Waals surface area contributed by atoms with E-state index in [2.05, 4.69) is 32.0 Å². The Morgan fingerprint density at radius 3 is 2.86 bits per heavy atom. The van der Waals surface area contributed by atoms with Crippen LogP contribution in [0, 0.1) is 13.8 Å². The van der Waals surface area contributed by atoms with Crippen molar-refractivity contribution in [3.63, 3.8) is 0 Å². The lowest BCUT2D eigenvalue weighted by atomic mass is 10.1. The predicted molar refractivity (Wildman–Crippen MR) is 65.6 cm³/mol. The van der Waals surface area contributed by atoms with Gasteiger partial charge in [-0.1, -0.05) is 35.0 Å². The number of halogens is 1. The summed E-state index contributed by atoms with van der Waals surface area (Å²) in [5, 5.41) is 1.56. The van der Waals surface area contributed by atoms with Gasteiger partial charge in [-0.2, -0.15) is 0 Å². The smallest absolute Gasteiger partial charge is 0.120 e. The lowest BCUT2D eigenvalue weighted by Gasteiger charge is -2.07. The molecule has 3 heteroatoms. The third-order valence-corrected chi connectivity index (χ3v) is 4.63.